The first-order valence-corrected chi connectivity index (χ1v) is 6.71. The number of amides is 1. The van der Waals surface area contributed by atoms with Crippen LogP contribution in [0.15, 0.2) is 4.99 Å². The van der Waals surface area contributed by atoms with Crippen LogP contribution in [-0.2, 0) is 14.3 Å². The monoisotopic (exact) mass is 285 g/mol. The van der Waals surface area contributed by atoms with E-state index in [0.717, 1.165) is 19.4 Å². The number of hydrogen-bond acceptors (Lipinski definition) is 5. The molecule has 0 spiro atoms. The van der Waals surface area contributed by atoms with Gasteiger partial charge < -0.3 is 26.8 Å². The van der Waals surface area contributed by atoms with Crippen molar-refractivity contribution in [1.82, 2.24) is 10.6 Å². The Bertz CT molecular complexity index is 362. The lowest BCUT2D eigenvalue weighted by Crippen LogP contribution is -2.48. The normalized spacial score (nSPS) is 19.1. The molecule has 0 aliphatic carbocycles. The highest BCUT2D eigenvalue weighted by atomic mass is 16.5. The molecule has 114 valence electrons. The Morgan fingerprint density at radius 2 is 2.25 bits per heavy atom. The molecule has 0 aromatic heterocycles. The maximum absolute atomic E-state index is 12.0. The smallest absolute Gasteiger partial charge is 0.328 e. The molecule has 0 unspecified atom stereocenters. The van der Waals surface area contributed by atoms with Crippen molar-refractivity contribution in [3.63, 3.8) is 0 Å². The molecule has 1 aliphatic rings. The molecule has 2 atom stereocenters. The zero-order valence-corrected chi connectivity index (χ0v) is 11.7. The minimum Gasteiger partial charge on any atom is -0.467 e. The van der Waals surface area contributed by atoms with E-state index in [1.807, 2.05) is 0 Å². The van der Waals surface area contributed by atoms with E-state index in [0.29, 0.717) is 19.4 Å². The van der Waals surface area contributed by atoms with Crippen LogP contribution in [0.5, 0.6) is 0 Å². The van der Waals surface area contributed by atoms with Crippen molar-refractivity contribution in [1.29, 1.82) is 0 Å². The van der Waals surface area contributed by atoms with E-state index in [4.69, 9.17) is 16.2 Å². The van der Waals surface area contributed by atoms with Gasteiger partial charge in [0.1, 0.15) is 6.04 Å². The summed E-state index contributed by atoms with van der Waals surface area (Å²) in [5, 5.41) is 5.79. The third-order valence-corrected chi connectivity index (χ3v) is 3.12. The highest BCUT2D eigenvalue weighted by Gasteiger charge is 2.27. The van der Waals surface area contributed by atoms with Gasteiger partial charge in [-0.3, -0.25) is 9.79 Å². The van der Waals surface area contributed by atoms with Gasteiger partial charge in [-0.25, -0.2) is 4.79 Å². The molecule has 0 aromatic carbocycles. The Hall–Kier alpha value is -1.83. The second-order valence-electron chi connectivity index (χ2n) is 4.68. The number of nitrogens with zero attached hydrogens (tertiary/aromatic N) is 1. The van der Waals surface area contributed by atoms with E-state index in [2.05, 4.69) is 15.6 Å². The third kappa shape index (κ3) is 5.43. The molecule has 0 radical (unpaired) electrons. The zero-order valence-electron chi connectivity index (χ0n) is 11.7. The molecular formula is C12H23N5O3. The van der Waals surface area contributed by atoms with E-state index in [-0.39, 0.29) is 17.9 Å². The van der Waals surface area contributed by atoms with Crippen LogP contribution < -0.4 is 22.1 Å². The summed E-state index contributed by atoms with van der Waals surface area (Å²) in [6.07, 6.45) is 2.76. The lowest BCUT2D eigenvalue weighted by atomic mass is 10.1. The van der Waals surface area contributed by atoms with Gasteiger partial charge in [-0.15, -0.1) is 0 Å². The van der Waals surface area contributed by atoms with Crippen LogP contribution in [0.2, 0.25) is 0 Å². The molecule has 8 nitrogen and oxygen atoms in total. The van der Waals surface area contributed by atoms with Gasteiger partial charge >= 0.3 is 5.97 Å². The van der Waals surface area contributed by atoms with Crippen molar-refractivity contribution in [2.24, 2.45) is 16.5 Å². The number of nitrogens with two attached hydrogens (primary N) is 2. The summed E-state index contributed by atoms with van der Waals surface area (Å²) in [5.41, 5.74) is 10.4. The molecule has 0 bridgehead atoms. The van der Waals surface area contributed by atoms with Crippen LogP contribution in [0.4, 0.5) is 0 Å². The average Bonchev–Trinajstić information content (AvgIpc) is 2.95. The largest absolute Gasteiger partial charge is 0.467 e. The lowest BCUT2D eigenvalue weighted by Gasteiger charge is -2.18. The highest BCUT2D eigenvalue weighted by Crippen LogP contribution is 2.07. The fraction of sp³-hybridized carbons (Fsp3) is 0.750. The van der Waals surface area contributed by atoms with Crippen molar-refractivity contribution in [3.8, 4) is 0 Å². The van der Waals surface area contributed by atoms with E-state index in [1.165, 1.54) is 7.11 Å². The number of esters is 1. The number of rotatable bonds is 7. The van der Waals surface area contributed by atoms with Gasteiger partial charge in [0.25, 0.3) is 0 Å². The molecule has 0 aromatic rings. The first-order valence-electron chi connectivity index (χ1n) is 6.71. The summed E-state index contributed by atoms with van der Waals surface area (Å²) < 4.78 is 4.69. The van der Waals surface area contributed by atoms with Crippen molar-refractivity contribution >= 4 is 17.8 Å². The maximum Gasteiger partial charge on any atom is 0.328 e. The molecular weight excluding hydrogens is 262 g/mol. The highest BCUT2D eigenvalue weighted by molar-refractivity contribution is 5.87. The molecule has 6 N–H and O–H groups in total. The number of guanidine groups is 1. The van der Waals surface area contributed by atoms with Crippen LogP contribution in [0.3, 0.4) is 0 Å². The van der Waals surface area contributed by atoms with E-state index in [9.17, 15) is 9.59 Å². The number of ether oxygens (including phenoxy) is 1. The lowest BCUT2D eigenvalue weighted by molar-refractivity contribution is -0.145. The number of nitrogens with one attached hydrogen (secondary N) is 2. The average molecular weight is 285 g/mol. The van der Waals surface area contributed by atoms with Crippen LogP contribution in [0.25, 0.3) is 0 Å². The Labute approximate surface area is 118 Å². The van der Waals surface area contributed by atoms with E-state index in [1.54, 1.807) is 0 Å². The summed E-state index contributed by atoms with van der Waals surface area (Å²) in [6, 6.07) is -0.885. The van der Waals surface area contributed by atoms with Crippen molar-refractivity contribution in [3.05, 3.63) is 0 Å². The van der Waals surface area contributed by atoms with Crippen molar-refractivity contribution < 1.29 is 14.3 Å². The summed E-state index contributed by atoms with van der Waals surface area (Å²) in [5.74, 6) is -0.611. The molecule has 1 saturated heterocycles. The summed E-state index contributed by atoms with van der Waals surface area (Å²) >= 11 is 0. The first-order chi connectivity index (χ1) is 9.54. The Morgan fingerprint density at radius 1 is 1.50 bits per heavy atom. The molecule has 20 heavy (non-hydrogen) atoms. The zero-order chi connectivity index (χ0) is 15.0. The fourth-order valence-electron chi connectivity index (χ4n) is 2.08. The molecule has 1 amide bonds. The van der Waals surface area contributed by atoms with Gasteiger partial charge in [0, 0.05) is 6.54 Å². The number of carbonyl (C=O) groups is 2. The predicted octanol–water partition coefficient (Wildman–Crippen LogP) is -1.55. The molecule has 1 heterocycles. The topological polar surface area (TPSA) is 132 Å². The summed E-state index contributed by atoms with van der Waals surface area (Å²) in [4.78, 5) is 27.4. The second-order valence-corrected chi connectivity index (χ2v) is 4.68. The number of carbonyl (C=O) groups excluding carboxylic acids is 2. The van der Waals surface area contributed by atoms with Crippen LogP contribution in [-0.4, -0.2) is 50.1 Å². The summed E-state index contributed by atoms with van der Waals surface area (Å²) in [6.45, 7) is 1.23. The molecule has 8 heteroatoms. The quantitative estimate of drug-likeness (QED) is 0.194. The first kappa shape index (κ1) is 16.2. The summed E-state index contributed by atoms with van der Waals surface area (Å²) in [7, 11) is 1.30. The van der Waals surface area contributed by atoms with Crippen LogP contribution in [0, 0.1) is 0 Å². The Balaban J connectivity index is 2.44. The fourth-order valence-corrected chi connectivity index (χ4v) is 2.08. The predicted molar refractivity (Wildman–Crippen MR) is 74.9 cm³/mol. The van der Waals surface area contributed by atoms with Gasteiger partial charge in [0.05, 0.1) is 13.2 Å². The van der Waals surface area contributed by atoms with E-state index < -0.39 is 12.0 Å². The number of methoxy groups -OCH3 is 1. The standard InChI is InChI=1S/C12H23N5O3/c1-20-11(19)9(5-3-7-16-12(13)14)17-10(18)8-4-2-6-15-8/h8-9,15H,2-7H2,1H3,(H,17,18)(H4,13,14,16)/t8-,9+/m1/s1. The van der Waals surface area contributed by atoms with Gasteiger partial charge in [-0.2, -0.15) is 0 Å². The van der Waals surface area contributed by atoms with Crippen molar-refractivity contribution in [2.45, 2.75) is 37.8 Å². The maximum atomic E-state index is 12.0. The van der Waals surface area contributed by atoms with Crippen LogP contribution in [0.1, 0.15) is 25.7 Å². The van der Waals surface area contributed by atoms with E-state index >= 15 is 0 Å². The number of aliphatic imine (C=N–C) groups is 1. The Kier molecular flexibility index (Phi) is 6.78. The second kappa shape index (κ2) is 8.36. The minimum atomic E-state index is -0.663. The Morgan fingerprint density at radius 3 is 2.80 bits per heavy atom. The molecule has 1 rings (SSSR count). The third-order valence-electron chi connectivity index (χ3n) is 3.12. The minimum absolute atomic E-state index is 0.0128. The number of hydrogen-bond donors (Lipinski definition) is 4. The van der Waals surface area contributed by atoms with Crippen LogP contribution >= 0.6 is 0 Å². The van der Waals surface area contributed by atoms with Gasteiger partial charge in [-0.05, 0) is 32.2 Å². The van der Waals surface area contributed by atoms with Crippen molar-refractivity contribution in [2.75, 3.05) is 20.2 Å². The molecule has 1 aliphatic heterocycles. The molecule has 1 fully saturated rings. The SMILES string of the molecule is COC(=O)[C@H](CCCN=C(N)N)NC(=O)[C@H]1CCCN1. The van der Waals surface area contributed by atoms with Gasteiger partial charge in [0.2, 0.25) is 5.91 Å². The molecule has 0 saturated carbocycles. The van der Waals surface area contributed by atoms with Gasteiger partial charge in [-0.1, -0.05) is 0 Å². The van der Waals surface area contributed by atoms with Gasteiger partial charge in [0.15, 0.2) is 5.96 Å².